The highest BCUT2D eigenvalue weighted by atomic mass is 19.3. The van der Waals surface area contributed by atoms with Crippen LogP contribution < -0.4 is 20.5 Å². The molecule has 0 heterocycles. The molecule has 0 unspecified atom stereocenters. The molecule has 0 aromatic heterocycles. The van der Waals surface area contributed by atoms with Gasteiger partial charge in [-0.3, -0.25) is 4.79 Å². The molecule has 0 aliphatic carbocycles. The number of nitrogens with two attached hydrogens (primary N) is 1. The van der Waals surface area contributed by atoms with E-state index in [-0.39, 0.29) is 17.4 Å². The van der Waals surface area contributed by atoms with Crippen molar-refractivity contribution in [2.75, 3.05) is 13.7 Å². The van der Waals surface area contributed by atoms with Gasteiger partial charge in [0, 0.05) is 18.7 Å². The second-order valence-corrected chi connectivity index (χ2v) is 5.27. The molecule has 0 aliphatic heterocycles. The molecule has 0 saturated carbocycles. The molecule has 0 aliphatic rings. The number of alkyl halides is 2. The van der Waals surface area contributed by atoms with Gasteiger partial charge in [0.2, 0.25) is 0 Å². The highest BCUT2D eigenvalue weighted by molar-refractivity contribution is 5.94. The van der Waals surface area contributed by atoms with Crippen LogP contribution in [0, 0.1) is 0 Å². The Morgan fingerprint density at radius 2 is 1.80 bits per heavy atom. The van der Waals surface area contributed by atoms with E-state index < -0.39 is 6.61 Å². The molecule has 0 radical (unpaired) electrons. The third-order valence-corrected chi connectivity index (χ3v) is 3.60. The predicted octanol–water partition coefficient (Wildman–Crippen LogP) is 2.73. The number of halogens is 2. The summed E-state index contributed by atoms with van der Waals surface area (Å²) in [4.78, 5) is 12.1. The van der Waals surface area contributed by atoms with Crippen molar-refractivity contribution in [1.82, 2.24) is 5.32 Å². The second-order valence-electron chi connectivity index (χ2n) is 5.27. The zero-order chi connectivity index (χ0) is 18.2. The predicted molar refractivity (Wildman–Crippen MR) is 90.0 cm³/mol. The Bertz CT molecular complexity index is 706. The third kappa shape index (κ3) is 5.42. The molecule has 0 fully saturated rings. The Kier molecular flexibility index (Phi) is 6.71. The summed E-state index contributed by atoms with van der Waals surface area (Å²) in [6.07, 6.45) is 0.468. The zero-order valence-electron chi connectivity index (χ0n) is 13.8. The van der Waals surface area contributed by atoms with Crippen molar-refractivity contribution in [1.29, 1.82) is 0 Å². The number of rotatable bonds is 8. The van der Waals surface area contributed by atoms with E-state index in [1.807, 2.05) is 0 Å². The summed E-state index contributed by atoms with van der Waals surface area (Å²) < 4.78 is 34.3. The van der Waals surface area contributed by atoms with Gasteiger partial charge in [0.05, 0.1) is 7.11 Å². The Hall–Kier alpha value is -2.67. The summed E-state index contributed by atoms with van der Waals surface area (Å²) in [5, 5.41) is 2.78. The average Bonchev–Trinajstić information content (AvgIpc) is 2.61. The van der Waals surface area contributed by atoms with Gasteiger partial charge >= 0.3 is 6.61 Å². The molecule has 0 saturated heterocycles. The van der Waals surface area contributed by atoms with Crippen molar-refractivity contribution in [3.8, 4) is 11.5 Å². The smallest absolute Gasteiger partial charge is 0.387 e. The molecule has 2 aromatic carbocycles. The van der Waals surface area contributed by atoms with Crippen LogP contribution >= 0.6 is 0 Å². The van der Waals surface area contributed by atoms with Gasteiger partial charge < -0.3 is 20.5 Å². The number of benzene rings is 2. The molecule has 134 valence electrons. The molecule has 3 N–H and O–H groups in total. The van der Waals surface area contributed by atoms with E-state index >= 15 is 0 Å². The maximum absolute atomic E-state index is 12.4. The number of methoxy groups -OCH3 is 1. The lowest BCUT2D eigenvalue weighted by atomic mass is 10.1. The summed E-state index contributed by atoms with van der Waals surface area (Å²) in [6.45, 7) is -2.15. The Balaban J connectivity index is 1.93. The van der Waals surface area contributed by atoms with Crippen LogP contribution in [0.4, 0.5) is 8.78 Å². The maximum Gasteiger partial charge on any atom is 0.387 e. The van der Waals surface area contributed by atoms with E-state index in [9.17, 15) is 13.6 Å². The fourth-order valence-corrected chi connectivity index (χ4v) is 2.28. The zero-order valence-corrected chi connectivity index (χ0v) is 13.8. The van der Waals surface area contributed by atoms with E-state index in [0.717, 1.165) is 11.1 Å². The fraction of sp³-hybridized carbons (Fsp3) is 0.278. The number of nitrogens with one attached hydrogen (secondary N) is 1. The number of hydrogen-bond donors (Lipinski definition) is 2. The molecule has 1 amide bonds. The van der Waals surface area contributed by atoms with Crippen LogP contribution in [0.15, 0.2) is 42.5 Å². The van der Waals surface area contributed by atoms with Gasteiger partial charge in [0.1, 0.15) is 0 Å². The molecule has 0 bridgehead atoms. The monoisotopic (exact) mass is 350 g/mol. The fourth-order valence-electron chi connectivity index (χ4n) is 2.28. The topological polar surface area (TPSA) is 73.6 Å². The minimum atomic E-state index is -2.93. The summed E-state index contributed by atoms with van der Waals surface area (Å²) in [5.41, 5.74) is 7.74. The molecule has 0 spiro atoms. The molecule has 2 rings (SSSR count). The van der Waals surface area contributed by atoms with Gasteiger partial charge in [-0.05, 0) is 41.8 Å². The van der Waals surface area contributed by atoms with E-state index in [1.165, 1.54) is 13.2 Å². The van der Waals surface area contributed by atoms with Crippen LogP contribution in [0.2, 0.25) is 0 Å². The number of hydrogen-bond acceptors (Lipinski definition) is 4. The first kappa shape index (κ1) is 18.7. The quantitative estimate of drug-likeness (QED) is 0.768. The second kappa shape index (κ2) is 8.98. The van der Waals surface area contributed by atoms with E-state index in [4.69, 9.17) is 10.5 Å². The van der Waals surface area contributed by atoms with Crippen LogP contribution in [-0.4, -0.2) is 26.2 Å². The Labute approximate surface area is 144 Å². The van der Waals surface area contributed by atoms with Crippen LogP contribution in [0.25, 0.3) is 0 Å². The first-order valence-electron chi connectivity index (χ1n) is 7.72. The molecule has 0 atom stereocenters. The van der Waals surface area contributed by atoms with Crippen LogP contribution in [0.5, 0.6) is 11.5 Å². The van der Waals surface area contributed by atoms with Crippen LogP contribution in [0.3, 0.4) is 0 Å². The van der Waals surface area contributed by atoms with Gasteiger partial charge in [-0.25, -0.2) is 0 Å². The van der Waals surface area contributed by atoms with Crippen LogP contribution in [0.1, 0.15) is 21.5 Å². The Morgan fingerprint density at radius 1 is 1.12 bits per heavy atom. The minimum absolute atomic E-state index is 0.0290. The van der Waals surface area contributed by atoms with Gasteiger partial charge in [0.15, 0.2) is 11.5 Å². The van der Waals surface area contributed by atoms with Gasteiger partial charge in [-0.1, -0.05) is 18.2 Å². The standard InChI is InChI=1S/C18H20F2N2O3/c1-24-15-7-4-12(10-16(15)25-18(19)20)8-9-22-17(23)14-5-2-13(11-21)3-6-14/h2-7,10,18H,8-9,11,21H2,1H3,(H,22,23). The number of ether oxygens (including phenoxy) is 2. The molecule has 5 nitrogen and oxygen atoms in total. The number of carbonyl (C=O) groups excluding carboxylic acids is 1. The lowest BCUT2D eigenvalue weighted by molar-refractivity contribution is -0.0512. The normalized spacial score (nSPS) is 10.6. The van der Waals surface area contributed by atoms with Crippen LogP contribution in [-0.2, 0) is 13.0 Å². The molecule has 2 aromatic rings. The largest absolute Gasteiger partial charge is 0.493 e. The van der Waals surface area contributed by atoms with Crippen molar-refractivity contribution >= 4 is 5.91 Å². The van der Waals surface area contributed by atoms with Gasteiger partial charge in [-0.15, -0.1) is 0 Å². The Morgan fingerprint density at radius 3 is 2.40 bits per heavy atom. The molecule has 7 heteroatoms. The lowest BCUT2D eigenvalue weighted by Crippen LogP contribution is -2.25. The van der Waals surface area contributed by atoms with Gasteiger partial charge in [0.25, 0.3) is 5.91 Å². The first-order chi connectivity index (χ1) is 12.0. The summed E-state index contributed by atoms with van der Waals surface area (Å²) in [6, 6.07) is 11.8. The third-order valence-electron chi connectivity index (χ3n) is 3.60. The lowest BCUT2D eigenvalue weighted by Gasteiger charge is -2.12. The summed E-state index contributed by atoms with van der Waals surface area (Å²) >= 11 is 0. The van der Waals surface area contributed by atoms with Crippen molar-refractivity contribution in [3.63, 3.8) is 0 Å². The summed E-state index contributed by atoms with van der Waals surface area (Å²) in [7, 11) is 1.38. The first-order valence-corrected chi connectivity index (χ1v) is 7.72. The van der Waals surface area contributed by atoms with Crippen molar-refractivity contribution in [3.05, 3.63) is 59.2 Å². The highest BCUT2D eigenvalue weighted by Crippen LogP contribution is 2.29. The SMILES string of the molecule is COc1ccc(CCNC(=O)c2ccc(CN)cc2)cc1OC(F)F. The number of amides is 1. The van der Waals surface area contributed by atoms with E-state index in [0.29, 0.717) is 25.1 Å². The van der Waals surface area contributed by atoms with Crippen molar-refractivity contribution < 1.29 is 23.0 Å². The van der Waals surface area contributed by atoms with Crippen molar-refractivity contribution in [2.24, 2.45) is 5.73 Å². The summed E-state index contributed by atoms with van der Waals surface area (Å²) in [5.74, 6) is -0.00656. The van der Waals surface area contributed by atoms with E-state index in [2.05, 4.69) is 10.1 Å². The number of carbonyl (C=O) groups is 1. The molecular formula is C18H20F2N2O3. The van der Waals surface area contributed by atoms with Crippen molar-refractivity contribution in [2.45, 2.75) is 19.6 Å². The highest BCUT2D eigenvalue weighted by Gasteiger charge is 2.11. The van der Waals surface area contributed by atoms with Gasteiger partial charge in [-0.2, -0.15) is 8.78 Å². The van der Waals surface area contributed by atoms with E-state index in [1.54, 1.807) is 36.4 Å². The molecular weight excluding hydrogens is 330 g/mol. The minimum Gasteiger partial charge on any atom is -0.493 e. The average molecular weight is 350 g/mol. The maximum atomic E-state index is 12.4. The molecule has 25 heavy (non-hydrogen) atoms.